The SMILES string of the molecule is C[Si](C)(C)OC[C@@H]1SC(=O)[C@H](O[Si](C)(C)C)[C@@H]1O[Si](C)(C)C. The van der Waals surface area contributed by atoms with Crippen molar-refractivity contribution in [3.05, 3.63) is 0 Å². The van der Waals surface area contributed by atoms with Gasteiger partial charge in [-0.15, -0.1) is 0 Å². The number of carbonyl (C=O) groups excluding carboxylic acids is 1. The van der Waals surface area contributed by atoms with E-state index in [1.807, 2.05) is 0 Å². The monoisotopic (exact) mass is 380 g/mol. The summed E-state index contributed by atoms with van der Waals surface area (Å²) in [5.41, 5.74) is 0. The van der Waals surface area contributed by atoms with E-state index in [0.717, 1.165) is 0 Å². The van der Waals surface area contributed by atoms with Crippen molar-refractivity contribution in [2.24, 2.45) is 0 Å². The van der Waals surface area contributed by atoms with E-state index in [9.17, 15) is 4.79 Å². The Morgan fingerprint density at radius 3 is 1.77 bits per heavy atom. The van der Waals surface area contributed by atoms with Gasteiger partial charge in [-0.05, 0) is 58.9 Å². The molecule has 0 saturated carbocycles. The second-order valence-corrected chi connectivity index (χ2v) is 23.4. The molecule has 1 fully saturated rings. The summed E-state index contributed by atoms with van der Waals surface area (Å²) in [5.74, 6) is 0. The van der Waals surface area contributed by atoms with Crippen LogP contribution < -0.4 is 0 Å². The molecule has 8 heteroatoms. The average molecular weight is 381 g/mol. The first-order valence-electron chi connectivity index (χ1n) is 7.88. The lowest BCUT2D eigenvalue weighted by Gasteiger charge is -2.33. The molecule has 0 aromatic heterocycles. The molecule has 0 bridgehead atoms. The normalized spacial score (nSPS) is 27.5. The van der Waals surface area contributed by atoms with Crippen LogP contribution in [0.15, 0.2) is 0 Å². The summed E-state index contributed by atoms with van der Waals surface area (Å²) in [6.45, 7) is 19.9. The minimum atomic E-state index is -1.80. The van der Waals surface area contributed by atoms with E-state index in [2.05, 4.69) is 58.9 Å². The van der Waals surface area contributed by atoms with Gasteiger partial charge in [0, 0.05) is 6.61 Å². The predicted molar refractivity (Wildman–Crippen MR) is 102 cm³/mol. The topological polar surface area (TPSA) is 44.8 Å². The molecule has 22 heavy (non-hydrogen) atoms. The van der Waals surface area contributed by atoms with Gasteiger partial charge in [0.25, 0.3) is 0 Å². The third-order valence-corrected chi connectivity index (χ3v) is 6.96. The van der Waals surface area contributed by atoms with Gasteiger partial charge in [-0.1, -0.05) is 11.8 Å². The van der Waals surface area contributed by atoms with Crippen molar-refractivity contribution >= 4 is 41.8 Å². The molecule has 0 unspecified atom stereocenters. The third kappa shape index (κ3) is 7.41. The second kappa shape index (κ2) is 7.20. The highest BCUT2D eigenvalue weighted by atomic mass is 32.2. The summed E-state index contributed by atoms with van der Waals surface area (Å²) >= 11 is 1.36. The summed E-state index contributed by atoms with van der Waals surface area (Å²) in [5, 5.41) is 0.155. The number of thioether (sulfide) groups is 1. The van der Waals surface area contributed by atoms with Crippen LogP contribution in [0.3, 0.4) is 0 Å². The molecule has 0 aromatic rings. The molecule has 0 spiro atoms. The maximum atomic E-state index is 12.4. The lowest BCUT2D eigenvalue weighted by molar-refractivity contribution is -0.120. The van der Waals surface area contributed by atoms with Gasteiger partial charge < -0.3 is 13.3 Å². The van der Waals surface area contributed by atoms with Crippen molar-refractivity contribution in [1.29, 1.82) is 0 Å². The fourth-order valence-electron chi connectivity index (χ4n) is 2.12. The van der Waals surface area contributed by atoms with Crippen LogP contribution in [-0.2, 0) is 18.1 Å². The molecule has 130 valence electrons. The zero-order chi connectivity index (χ0) is 17.3. The highest BCUT2D eigenvalue weighted by Crippen LogP contribution is 2.36. The zero-order valence-electron chi connectivity index (χ0n) is 15.5. The van der Waals surface area contributed by atoms with Crippen molar-refractivity contribution in [2.45, 2.75) is 76.4 Å². The van der Waals surface area contributed by atoms with E-state index < -0.39 is 31.1 Å². The smallest absolute Gasteiger partial charge is 0.219 e. The van der Waals surface area contributed by atoms with Crippen LogP contribution in [0.1, 0.15) is 0 Å². The first-order valence-corrected chi connectivity index (χ1v) is 19.0. The molecule has 1 aliphatic heterocycles. The van der Waals surface area contributed by atoms with Gasteiger partial charge in [0.2, 0.25) is 5.12 Å². The van der Waals surface area contributed by atoms with Crippen LogP contribution >= 0.6 is 11.8 Å². The Morgan fingerprint density at radius 2 is 1.36 bits per heavy atom. The van der Waals surface area contributed by atoms with Gasteiger partial charge >= 0.3 is 0 Å². The Bertz CT molecular complexity index is 398. The van der Waals surface area contributed by atoms with E-state index in [1.165, 1.54) is 11.8 Å². The lowest BCUT2D eigenvalue weighted by atomic mass is 10.2. The molecule has 0 aliphatic carbocycles. The Hall–Kier alpha value is 0.551. The van der Waals surface area contributed by atoms with Gasteiger partial charge in [-0.2, -0.15) is 0 Å². The van der Waals surface area contributed by atoms with Crippen molar-refractivity contribution in [3.8, 4) is 0 Å². The van der Waals surface area contributed by atoms with E-state index in [4.69, 9.17) is 13.3 Å². The minimum absolute atomic E-state index is 0.0484. The molecule has 0 N–H and O–H groups in total. The molecule has 1 aliphatic rings. The molecule has 4 nitrogen and oxygen atoms in total. The Balaban J connectivity index is 2.89. The molecule has 3 atom stereocenters. The quantitative estimate of drug-likeness (QED) is 0.626. The molecule has 0 aromatic carbocycles. The second-order valence-electron chi connectivity index (χ2n) is 8.74. The van der Waals surface area contributed by atoms with Crippen LogP contribution in [-0.4, -0.2) is 54.1 Å². The largest absolute Gasteiger partial charge is 0.416 e. The first kappa shape index (κ1) is 20.6. The summed E-state index contributed by atoms with van der Waals surface area (Å²) < 4.78 is 18.5. The summed E-state index contributed by atoms with van der Waals surface area (Å²) in [4.78, 5) is 12.4. The van der Waals surface area contributed by atoms with E-state index in [0.29, 0.717) is 6.61 Å². The maximum Gasteiger partial charge on any atom is 0.219 e. The number of hydrogen-bond acceptors (Lipinski definition) is 5. The van der Waals surface area contributed by atoms with E-state index in [1.54, 1.807) is 0 Å². The highest BCUT2D eigenvalue weighted by molar-refractivity contribution is 8.14. The number of rotatable bonds is 7. The van der Waals surface area contributed by atoms with Gasteiger partial charge in [0.1, 0.15) is 6.10 Å². The van der Waals surface area contributed by atoms with E-state index >= 15 is 0 Å². The van der Waals surface area contributed by atoms with Crippen LogP contribution in [0.4, 0.5) is 0 Å². The van der Waals surface area contributed by atoms with Crippen LogP contribution in [0.25, 0.3) is 0 Å². The van der Waals surface area contributed by atoms with Crippen molar-refractivity contribution in [2.75, 3.05) is 6.61 Å². The maximum absolute atomic E-state index is 12.4. The molecular formula is C14H32O4SSi3. The number of carbonyl (C=O) groups is 1. The van der Waals surface area contributed by atoms with Crippen LogP contribution in [0.2, 0.25) is 58.9 Å². The van der Waals surface area contributed by atoms with E-state index in [-0.39, 0.29) is 16.5 Å². The van der Waals surface area contributed by atoms with Gasteiger partial charge in [0.15, 0.2) is 25.0 Å². The first-order chi connectivity index (χ1) is 9.68. The summed E-state index contributed by atoms with van der Waals surface area (Å²) in [7, 11) is -5.17. The van der Waals surface area contributed by atoms with Crippen molar-refractivity contribution < 1.29 is 18.1 Å². The molecular weight excluding hydrogens is 348 g/mol. The fraction of sp³-hybridized carbons (Fsp3) is 0.929. The number of hydrogen-bond donors (Lipinski definition) is 0. The Morgan fingerprint density at radius 1 is 0.864 bits per heavy atom. The van der Waals surface area contributed by atoms with Crippen LogP contribution in [0.5, 0.6) is 0 Å². The van der Waals surface area contributed by atoms with Gasteiger partial charge in [-0.3, -0.25) is 4.79 Å². The Kier molecular flexibility index (Phi) is 6.74. The lowest BCUT2D eigenvalue weighted by Crippen LogP contribution is -2.48. The molecule has 0 radical (unpaired) electrons. The zero-order valence-corrected chi connectivity index (χ0v) is 19.3. The van der Waals surface area contributed by atoms with Gasteiger partial charge in [0.05, 0.1) is 11.4 Å². The molecule has 1 rings (SSSR count). The third-order valence-electron chi connectivity index (χ3n) is 2.82. The highest BCUT2D eigenvalue weighted by Gasteiger charge is 2.48. The summed E-state index contributed by atoms with van der Waals surface area (Å²) in [6.07, 6.45) is -0.606. The molecule has 1 saturated heterocycles. The predicted octanol–water partition coefficient (Wildman–Crippen LogP) is 3.92. The Labute approximate surface area is 143 Å². The summed E-state index contributed by atoms with van der Waals surface area (Å²) in [6, 6.07) is 0. The molecule has 1 heterocycles. The van der Waals surface area contributed by atoms with Crippen molar-refractivity contribution in [3.63, 3.8) is 0 Å². The fourth-order valence-corrected chi connectivity index (χ4v) is 6.29. The van der Waals surface area contributed by atoms with Gasteiger partial charge in [-0.25, -0.2) is 0 Å². The standard InChI is InChI=1S/C14H32O4SSi3/c1-20(2,3)16-10-11-12(17-21(4,5)6)13(14(15)19-11)18-22(7,8)9/h11-13H,10H2,1-9H3/t11-,12+,13+/m0/s1. The van der Waals surface area contributed by atoms with Crippen LogP contribution in [0, 0.1) is 0 Å². The average Bonchev–Trinajstić information content (AvgIpc) is 2.49. The molecule has 0 amide bonds. The minimum Gasteiger partial charge on any atom is -0.416 e. The van der Waals surface area contributed by atoms with Crippen molar-refractivity contribution in [1.82, 2.24) is 0 Å².